The molecule has 98 valence electrons. The van der Waals surface area contributed by atoms with Crippen LogP contribution in [0.3, 0.4) is 0 Å². The highest BCUT2D eigenvalue weighted by molar-refractivity contribution is 5.95. The van der Waals surface area contributed by atoms with Gasteiger partial charge in [-0.05, 0) is 12.5 Å². The van der Waals surface area contributed by atoms with Gasteiger partial charge < -0.3 is 20.5 Å². The molecule has 3 N–H and O–H groups in total. The zero-order valence-corrected chi connectivity index (χ0v) is 10.3. The number of carbonyl (C=O) groups is 1. The summed E-state index contributed by atoms with van der Waals surface area (Å²) in [7, 11) is 1.33. The van der Waals surface area contributed by atoms with E-state index in [4.69, 9.17) is 15.2 Å². The first-order chi connectivity index (χ1) is 8.70. The van der Waals surface area contributed by atoms with Gasteiger partial charge in [0.2, 0.25) is 0 Å². The number of methoxy groups -OCH3 is 1. The van der Waals surface area contributed by atoms with Crippen LogP contribution in [0.5, 0.6) is 0 Å². The van der Waals surface area contributed by atoms with Crippen LogP contribution in [0.4, 0.5) is 11.5 Å². The number of rotatable bonds is 4. The largest absolute Gasteiger partial charge is 0.465 e. The fourth-order valence-electron chi connectivity index (χ4n) is 1.87. The van der Waals surface area contributed by atoms with Gasteiger partial charge in [0.1, 0.15) is 11.4 Å². The summed E-state index contributed by atoms with van der Waals surface area (Å²) in [4.78, 5) is 15.7. The molecule has 0 radical (unpaired) electrons. The minimum atomic E-state index is -0.444. The van der Waals surface area contributed by atoms with Gasteiger partial charge in [0.25, 0.3) is 0 Å². The Morgan fingerprint density at radius 2 is 2.56 bits per heavy atom. The van der Waals surface area contributed by atoms with Gasteiger partial charge in [-0.1, -0.05) is 0 Å². The second-order valence-electron chi connectivity index (χ2n) is 4.27. The number of nitrogen functional groups attached to an aromatic ring is 1. The molecule has 6 nitrogen and oxygen atoms in total. The van der Waals surface area contributed by atoms with E-state index in [0.29, 0.717) is 23.0 Å². The Hall–Kier alpha value is -1.82. The van der Waals surface area contributed by atoms with Crippen LogP contribution in [0.25, 0.3) is 0 Å². The maximum Gasteiger partial charge on any atom is 0.341 e. The Morgan fingerprint density at radius 3 is 3.22 bits per heavy atom. The quantitative estimate of drug-likeness (QED) is 0.773. The van der Waals surface area contributed by atoms with Gasteiger partial charge in [-0.15, -0.1) is 0 Å². The molecule has 0 saturated carbocycles. The van der Waals surface area contributed by atoms with E-state index in [1.54, 1.807) is 6.07 Å². The molecule has 1 unspecified atom stereocenters. The number of nitrogens with zero attached hydrogens (tertiary/aromatic N) is 1. The number of hydrogen-bond donors (Lipinski definition) is 2. The summed E-state index contributed by atoms with van der Waals surface area (Å²) in [5.41, 5.74) is 6.41. The molecular formula is C12H17N3O3. The van der Waals surface area contributed by atoms with E-state index in [1.807, 2.05) is 0 Å². The molecule has 0 aromatic carbocycles. The molecule has 2 heterocycles. The van der Waals surface area contributed by atoms with Crippen LogP contribution in [0.1, 0.15) is 16.8 Å². The van der Waals surface area contributed by atoms with Gasteiger partial charge in [0.05, 0.1) is 25.6 Å². The molecule has 1 aromatic rings. The van der Waals surface area contributed by atoms with Crippen molar-refractivity contribution in [1.29, 1.82) is 0 Å². The number of nitrogens with two attached hydrogens (primary N) is 1. The zero-order valence-electron chi connectivity index (χ0n) is 10.3. The summed E-state index contributed by atoms with van der Waals surface area (Å²) in [5.74, 6) is 0.512. The molecule has 1 fully saturated rings. The first-order valence-corrected chi connectivity index (χ1v) is 5.86. The maximum atomic E-state index is 11.6. The first kappa shape index (κ1) is 12.6. The predicted molar refractivity (Wildman–Crippen MR) is 67.4 cm³/mol. The van der Waals surface area contributed by atoms with Crippen molar-refractivity contribution >= 4 is 17.5 Å². The first-order valence-electron chi connectivity index (χ1n) is 5.86. The number of nitrogens with one attached hydrogen (secondary N) is 1. The van der Waals surface area contributed by atoms with Crippen molar-refractivity contribution in [2.45, 2.75) is 6.42 Å². The van der Waals surface area contributed by atoms with Crippen LogP contribution in [0, 0.1) is 5.92 Å². The minimum absolute atomic E-state index is 0.358. The fourth-order valence-corrected chi connectivity index (χ4v) is 1.87. The summed E-state index contributed by atoms with van der Waals surface area (Å²) in [5, 5.41) is 3.15. The van der Waals surface area contributed by atoms with Crippen molar-refractivity contribution in [3.8, 4) is 0 Å². The highest BCUT2D eigenvalue weighted by Crippen LogP contribution is 2.18. The molecule has 0 bridgehead atoms. The van der Waals surface area contributed by atoms with Crippen LogP contribution in [-0.4, -0.2) is 37.8 Å². The molecule has 0 amide bonds. The predicted octanol–water partition coefficient (Wildman–Crippen LogP) is 0.899. The molecule has 0 aliphatic carbocycles. The van der Waals surface area contributed by atoms with Crippen LogP contribution in [0.2, 0.25) is 0 Å². The lowest BCUT2D eigenvalue weighted by molar-refractivity contribution is 0.0601. The van der Waals surface area contributed by atoms with E-state index in [0.717, 1.165) is 26.2 Å². The fraction of sp³-hybridized carbons (Fsp3) is 0.500. The molecule has 0 spiro atoms. The Bertz CT molecular complexity index is 431. The van der Waals surface area contributed by atoms with Gasteiger partial charge in [-0.2, -0.15) is 0 Å². The third kappa shape index (κ3) is 2.89. The SMILES string of the molecule is COC(=O)c1cc(N)cnc1NCC1CCOC1. The van der Waals surface area contributed by atoms with Gasteiger partial charge >= 0.3 is 5.97 Å². The van der Waals surface area contributed by atoms with Crippen molar-refractivity contribution in [1.82, 2.24) is 4.98 Å². The number of anilines is 2. The van der Waals surface area contributed by atoms with E-state index >= 15 is 0 Å². The lowest BCUT2D eigenvalue weighted by atomic mass is 10.1. The van der Waals surface area contributed by atoms with Gasteiger partial charge in [0, 0.05) is 19.1 Å². The Morgan fingerprint density at radius 1 is 1.72 bits per heavy atom. The second-order valence-corrected chi connectivity index (χ2v) is 4.27. The third-order valence-corrected chi connectivity index (χ3v) is 2.90. The number of ether oxygens (including phenoxy) is 2. The molecule has 1 aromatic heterocycles. The summed E-state index contributed by atoms with van der Waals surface area (Å²) in [6.07, 6.45) is 2.54. The Kier molecular flexibility index (Phi) is 3.99. The Balaban J connectivity index is 2.08. The smallest absolute Gasteiger partial charge is 0.341 e. The van der Waals surface area contributed by atoms with Crippen LogP contribution < -0.4 is 11.1 Å². The van der Waals surface area contributed by atoms with Crippen molar-refractivity contribution in [3.63, 3.8) is 0 Å². The average Bonchev–Trinajstić information content (AvgIpc) is 2.89. The van der Waals surface area contributed by atoms with E-state index in [2.05, 4.69) is 10.3 Å². The minimum Gasteiger partial charge on any atom is -0.465 e. The lowest BCUT2D eigenvalue weighted by Gasteiger charge is -2.13. The van der Waals surface area contributed by atoms with Crippen molar-refractivity contribution in [3.05, 3.63) is 17.8 Å². The van der Waals surface area contributed by atoms with Gasteiger partial charge in [-0.3, -0.25) is 0 Å². The molecule has 1 aliphatic heterocycles. The van der Waals surface area contributed by atoms with Crippen LogP contribution in [0.15, 0.2) is 12.3 Å². The summed E-state index contributed by atoms with van der Waals surface area (Å²) in [6, 6.07) is 1.56. The normalized spacial score (nSPS) is 18.6. The van der Waals surface area contributed by atoms with E-state index in [9.17, 15) is 4.79 Å². The maximum absolute atomic E-state index is 11.6. The number of esters is 1. The molecular weight excluding hydrogens is 234 g/mol. The number of carbonyl (C=O) groups excluding carboxylic acids is 1. The number of aromatic nitrogens is 1. The number of hydrogen-bond acceptors (Lipinski definition) is 6. The highest BCUT2D eigenvalue weighted by Gasteiger charge is 2.18. The van der Waals surface area contributed by atoms with E-state index < -0.39 is 5.97 Å². The lowest BCUT2D eigenvalue weighted by Crippen LogP contribution is -2.17. The van der Waals surface area contributed by atoms with E-state index in [1.165, 1.54) is 13.3 Å². The van der Waals surface area contributed by atoms with Crippen LogP contribution >= 0.6 is 0 Å². The summed E-state index contributed by atoms with van der Waals surface area (Å²) in [6.45, 7) is 2.27. The molecule has 18 heavy (non-hydrogen) atoms. The van der Waals surface area contributed by atoms with Crippen molar-refractivity contribution in [2.24, 2.45) is 5.92 Å². The molecule has 1 saturated heterocycles. The summed E-state index contributed by atoms with van der Waals surface area (Å²) < 4.78 is 10.00. The topological polar surface area (TPSA) is 86.5 Å². The monoisotopic (exact) mass is 251 g/mol. The Labute approximate surface area is 105 Å². The zero-order chi connectivity index (χ0) is 13.0. The molecule has 1 aliphatic rings. The number of pyridine rings is 1. The van der Waals surface area contributed by atoms with Crippen LogP contribution in [-0.2, 0) is 9.47 Å². The summed E-state index contributed by atoms with van der Waals surface area (Å²) >= 11 is 0. The molecule has 6 heteroatoms. The van der Waals surface area contributed by atoms with Gasteiger partial charge in [0.15, 0.2) is 0 Å². The van der Waals surface area contributed by atoms with Crippen molar-refractivity contribution in [2.75, 3.05) is 37.9 Å². The highest BCUT2D eigenvalue weighted by atomic mass is 16.5. The molecule has 2 rings (SSSR count). The molecule has 1 atom stereocenters. The van der Waals surface area contributed by atoms with E-state index in [-0.39, 0.29) is 0 Å². The average molecular weight is 251 g/mol. The standard InChI is InChI=1S/C12H17N3O3/c1-17-12(16)10-4-9(13)6-15-11(10)14-5-8-2-3-18-7-8/h4,6,8H,2-3,5,7,13H2,1H3,(H,14,15). The van der Waals surface area contributed by atoms with Crippen molar-refractivity contribution < 1.29 is 14.3 Å². The third-order valence-electron chi connectivity index (χ3n) is 2.90. The van der Waals surface area contributed by atoms with Gasteiger partial charge in [-0.25, -0.2) is 9.78 Å². The second kappa shape index (κ2) is 5.68.